The Morgan fingerprint density at radius 1 is 1.29 bits per heavy atom. The number of hydrogen-bond donors (Lipinski definition) is 1. The van der Waals surface area contributed by atoms with Crippen LogP contribution in [-0.4, -0.2) is 5.91 Å². The smallest absolute Gasteiger partial charge is 0.254 e. The fraction of sp³-hybridized carbons (Fsp3) is 0.125. The topological polar surface area (TPSA) is 52.9 Å². The molecule has 0 aliphatic heterocycles. The Bertz CT molecular complexity index is 707. The molecule has 2 aromatic rings. The van der Waals surface area contributed by atoms with Gasteiger partial charge in [0.15, 0.2) is 0 Å². The van der Waals surface area contributed by atoms with Crippen LogP contribution in [0.15, 0.2) is 46.9 Å². The molecule has 0 spiro atoms. The van der Waals surface area contributed by atoms with Crippen molar-refractivity contribution in [1.29, 1.82) is 5.26 Å². The summed E-state index contributed by atoms with van der Waals surface area (Å²) in [6.45, 7) is 1.80. The third kappa shape index (κ3) is 3.67. The van der Waals surface area contributed by atoms with E-state index < -0.39 is 11.7 Å². The highest BCUT2D eigenvalue weighted by Crippen LogP contribution is 2.17. The van der Waals surface area contributed by atoms with Gasteiger partial charge in [-0.05, 0) is 42.8 Å². The van der Waals surface area contributed by atoms with E-state index in [0.717, 1.165) is 5.56 Å². The molecule has 5 heteroatoms. The minimum atomic E-state index is -0.575. The Hall–Kier alpha value is -2.19. The lowest BCUT2D eigenvalue weighted by Gasteiger charge is -2.14. The van der Waals surface area contributed by atoms with Crippen molar-refractivity contribution in [2.75, 3.05) is 0 Å². The molecule has 0 bridgehead atoms. The maximum atomic E-state index is 13.7. The zero-order chi connectivity index (χ0) is 15.4. The van der Waals surface area contributed by atoms with E-state index in [-0.39, 0.29) is 11.6 Å². The number of carbonyl (C=O) groups is 1. The van der Waals surface area contributed by atoms with Crippen LogP contribution in [-0.2, 0) is 0 Å². The van der Waals surface area contributed by atoms with Crippen molar-refractivity contribution in [3.8, 4) is 6.07 Å². The van der Waals surface area contributed by atoms with E-state index in [0.29, 0.717) is 10.0 Å². The Morgan fingerprint density at radius 2 is 1.95 bits per heavy atom. The molecular weight excluding hydrogens is 335 g/mol. The highest BCUT2D eigenvalue weighted by atomic mass is 79.9. The molecule has 0 aliphatic rings. The first kappa shape index (κ1) is 15.2. The molecule has 2 rings (SSSR count). The van der Waals surface area contributed by atoms with Gasteiger partial charge in [-0.3, -0.25) is 4.79 Å². The number of amides is 1. The van der Waals surface area contributed by atoms with Gasteiger partial charge in [-0.1, -0.05) is 28.1 Å². The molecule has 0 aliphatic carbocycles. The summed E-state index contributed by atoms with van der Waals surface area (Å²) in [5.41, 5.74) is 1.40. The minimum Gasteiger partial charge on any atom is -0.345 e. The lowest BCUT2D eigenvalue weighted by atomic mass is 10.1. The standard InChI is InChI=1S/C16H12BrFN2O/c1-10(12-4-2-11(9-19)3-5-12)20-16(21)14-7-6-13(17)8-15(14)18/h2-8,10H,1H3,(H,20,21). The van der Waals surface area contributed by atoms with Crippen molar-refractivity contribution in [3.05, 3.63) is 69.4 Å². The second kappa shape index (κ2) is 6.51. The number of carbonyl (C=O) groups excluding carboxylic acids is 1. The van der Waals surface area contributed by atoms with Gasteiger partial charge < -0.3 is 5.32 Å². The van der Waals surface area contributed by atoms with Crippen molar-refractivity contribution >= 4 is 21.8 Å². The van der Waals surface area contributed by atoms with Crippen molar-refractivity contribution < 1.29 is 9.18 Å². The Morgan fingerprint density at radius 3 is 2.52 bits per heavy atom. The third-order valence-electron chi connectivity index (χ3n) is 3.06. The van der Waals surface area contributed by atoms with Gasteiger partial charge in [0.2, 0.25) is 0 Å². The summed E-state index contributed by atoms with van der Waals surface area (Å²) in [4.78, 5) is 12.1. The van der Waals surface area contributed by atoms with Gasteiger partial charge in [0.25, 0.3) is 5.91 Å². The van der Waals surface area contributed by atoms with E-state index >= 15 is 0 Å². The van der Waals surface area contributed by atoms with Gasteiger partial charge in [-0.15, -0.1) is 0 Å². The molecular formula is C16H12BrFN2O. The van der Waals surface area contributed by atoms with Crippen LogP contribution in [0.2, 0.25) is 0 Å². The number of hydrogen-bond acceptors (Lipinski definition) is 2. The van der Waals surface area contributed by atoms with Crippen molar-refractivity contribution in [2.24, 2.45) is 0 Å². The van der Waals surface area contributed by atoms with Crippen LogP contribution < -0.4 is 5.32 Å². The molecule has 0 aromatic heterocycles. The minimum absolute atomic E-state index is 0.00121. The van der Waals surface area contributed by atoms with Gasteiger partial charge in [0.05, 0.1) is 23.2 Å². The molecule has 0 fully saturated rings. The number of nitriles is 1. The fourth-order valence-corrected chi connectivity index (χ4v) is 2.21. The van der Waals surface area contributed by atoms with Crippen LogP contribution in [0.25, 0.3) is 0 Å². The van der Waals surface area contributed by atoms with Crippen LogP contribution in [0.3, 0.4) is 0 Å². The summed E-state index contributed by atoms with van der Waals surface area (Å²) in [7, 11) is 0. The quantitative estimate of drug-likeness (QED) is 0.914. The predicted molar refractivity (Wildman–Crippen MR) is 81.1 cm³/mol. The van der Waals surface area contributed by atoms with Crippen LogP contribution >= 0.6 is 15.9 Å². The second-order valence-corrected chi connectivity index (χ2v) is 5.47. The average molecular weight is 347 g/mol. The summed E-state index contributed by atoms with van der Waals surface area (Å²) in [5, 5.41) is 11.5. The highest BCUT2D eigenvalue weighted by Gasteiger charge is 2.15. The molecule has 0 radical (unpaired) electrons. The summed E-state index contributed by atoms with van der Waals surface area (Å²) in [5.74, 6) is -1.05. The molecule has 2 aromatic carbocycles. The largest absolute Gasteiger partial charge is 0.345 e. The highest BCUT2D eigenvalue weighted by molar-refractivity contribution is 9.10. The number of nitrogens with zero attached hydrogens (tertiary/aromatic N) is 1. The first-order chi connectivity index (χ1) is 10.0. The zero-order valence-electron chi connectivity index (χ0n) is 11.2. The SMILES string of the molecule is CC(NC(=O)c1ccc(Br)cc1F)c1ccc(C#N)cc1. The molecule has 21 heavy (non-hydrogen) atoms. The fourth-order valence-electron chi connectivity index (χ4n) is 1.88. The number of nitrogens with one attached hydrogen (secondary N) is 1. The summed E-state index contributed by atoms with van der Waals surface area (Å²) in [6.07, 6.45) is 0. The Kier molecular flexibility index (Phi) is 4.71. The van der Waals surface area contributed by atoms with E-state index in [1.807, 2.05) is 6.07 Å². The van der Waals surface area contributed by atoms with E-state index in [2.05, 4.69) is 21.2 Å². The summed E-state index contributed by atoms with van der Waals surface area (Å²) >= 11 is 3.15. The first-order valence-corrected chi connectivity index (χ1v) is 7.06. The third-order valence-corrected chi connectivity index (χ3v) is 3.56. The van der Waals surface area contributed by atoms with E-state index in [1.54, 1.807) is 37.3 Å². The maximum absolute atomic E-state index is 13.7. The summed E-state index contributed by atoms with van der Waals surface area (Å²) < 4.78 is 14.3. The number of rotatable bonds is 3. The van der Waals surface area contributed by atoms with Crippen LogP contribution in [0, 0.1) is 17.1 Å². The Labute approximate surface area is 130 Å². The molecule has 1 unspecified atom stereocenters. The summed E-state index contributed by atoms with van der Waals surface area (Å²) in [6, 6.07) is 12.9. The Balaban J connectivity index is 2.13. The number of halogens is 2. The molecule has 0 saturated heterocycles. The molecule has 1 atom stereocenters. The van der Waals surface area contributed by atoms with Crippen LogP contribution in [0.1, 0.15) is 34.5 Å². The van der Waals surface area contributed by atoms with E-state index in [9.17, 15) is 9.18 Å². The molecule has 0 heterocycles. The molecule has 3 nitrogen and oxygen atoms in total. The van der Waals surface area contributed by atoms with E-state index in [4.69, 9.17) is 5.26 Å². The average Bonchev–Trinajstić information content (AvgIpc) is 2.47. The predicted octanol–water partition coefficient (Wildman–Crippen LogP) is 3.95. The van der Waals surface area contributed by atoms with Crippen molar-refractivity contribution in [3.63, 3.8) is 0 Å². The monoisotopic (exact) mass is 346 g/mol. The second-order valence-electron chi connectivity index (χ2n) is 4.55. The molecule has 1 N–H and O–H groups in total. The van der Waals surface area contributed by atoms with E-state index in [1.165, 1.54) is 12.1 Å². The number of benzene rings is 2. The molecule has 106 valence electrons. The van der Waals surface area contributed by atoms with Gasteiger partial charge in [0.1, 0.15) is 5.82 Å². The van der Waals surface area contributed by atoms with Crippen LogP contribution in [0.5, 0.6) is 0 Å². The normalized spacial score (nSPS) is 11.5. The van der Waals surface area contributed by atoms with Gasteiger partial charge >= 0.3 is 0 Å². The first-order valence-electron chi connectivity index (χ1n) is 6.27. The molecule has 1 amide bonds. The lowest BCUT2D eigenvalue weighted by Crippen LogP contribution is -2.27. The molecule has 0 saturated carbocycles. The van der Waals surface area contributed by atoms with Gasteiger partial charge in [-0.25, -0.2) is 4.39 Å². The zero-order valence-corrected chi connectivity index (χ0v) is 12.8. The maximum Gasteiger partial charge on any atom is 0.254 e. The van der Waals surface area contributed by atoms with Gasteiger partial charge in [0, 0.05) is 4.47 Å². The van der Waals surface area contributed by atoms with Gasteiger partial charge in [-0.2, -0.15) is 5.26 Å². The van der Waals surface area contributed by atoms with Crippen molar-refractivity contribution in [1.82, 2.24) is 5.32 Å². The van der Waals surface area contributed by atoms with Crippen LogP contribution in [0.4, 0.5) is 4.39 Å². The lowest BCUT2D eigenvalue weighted by molar-refractivity contribution is 0.0936. The van der Waals surface area contributed by atoms with Crippen molar-refractivity contribution in [2.45, 2.75) is 13.0 Å².